The molecule has 2 aromatic rings. The lowest BCUT2D eigenvalue weighted by molar-refractivity contribution is 0.234. The second-order valence-corrected chi connectivity index (χ2v) is 7.99. The van der Waals surface area contributed by atoms with Crippen LogP contribution in [-0.2, 0) is 16.4 Å². The van der Waals surface area contributed by atoms with Gasteiger partial charge in [-0.1, -0.05) is 0 Å². The van der Waals surface area contributed by atoms with Crippen LogP contribution in [0.15, 0.2) is 41.6 Å². The van der Waals surface area contributed by atoms with Crippen molar-refractivity contribution in [3.8, 4) is 0 Å². The maximum absolute atomic E-state index is 12.7. The van der Waals surface area contributed by atoms with Gasteiger partial charge in [0.15, 0.2) is 0 Å². The molecule has 0 amide bonds. The number of rotatable bonds is 5. The van der Waals surface area contributed by atoms with Gasteiger partial charge in [0.05, 0.1) is 10.9 Å². The number of halogens is 2. The second kappa shape index (κ2) is 7.11. The minimum Gasteiger partial charge on any atom is -0.361 e. The number of alkyl halides is 2. The van der Waals surface area contributed by atoms with Crippen LogP contribution in [0.3, 0.4) is 0 Å². The standard InChI is InChI=1S/C17H21F2N3O2S/c1-2-21-12-10-20-16(21)15-5-3-4-11-22(15)13-6-8-14(9-7-13)25(23,24)17(18)19/h6-10,12,15,17H,2-5,11H2,1H3/t15-/m1/s1. The molecule has 25 heavy (non-hydrogen) atoms. The molecule has 1 aromatic heterocycles. The fourth-order valence-corrected chi connectivity index (χ4v) is 4.05. The topological polar surface area (TPSA) is 55.2 Å². The number of aryl methyl sites for hydroxylation is 1. The molecule has 0 unspecified atom stereocenters. The molecule has 1 fully saturated rings. The molecule has 0 N–H and O–H groups in total. The molecule has 0 aliphatic carbocycles. The van der Waals surface area contributed by atoms with E-state index < -0.39 is 15.6 Å². The van der Waals surface area contributed by atoms with E-state index >= 15 is 0 Å². The Morgan fingerprint density at radius 3 is 2.60 bits per heavy atom. The van der Waals surface area contributed by atoms with E-state index in [0.29, 0.717) is 0 Å². The summed E-state index contributed by atoms with van der Waals surface area (Å²) in [6.07, 6.45) is 6.80. The molecule has 1 aromatic carbocycles. The van der Waals surface area contributed by atoms with Gasteiger partial charge in [-0.2, -0.15) is 8.78 Å². The van der Waals surface area contributed by atoms with Crippen molar-refractivity contribution in [3.05, 3.63) is 42.5 Å². The molecule has 1 aliphatic heterocycles. The highest BCUT2D eigenvalue weighted by molar-refractivity contribution is 7.91. The third kappa shape index (κ3) is 3.40. The highest BCUT2D eigenvalue weighted by Gasteiger charge is 2.29. The minimum atomic E-state index is -4.56. The molecule has 0 saturated carbocycles. The van der Waals surface area contributed by atoms with Crippen molar-refractivity contribution in [3.63, 3.8) is 0 Å². The molecule has 0 bridgehead atoms. The van der Waals surface area contributed by atoms with Crippen LogP contribution in [0.1, 0.15) is 38.1 Å². The smallest absolute Gasteiger partial charge is 0.341 e. The number of nitrogens with zero attached hydrogens (tertiary/aromatic N) is 3. The average molecular weight is 369 g/mol. The van der Waals surface area contributed by atoms with E-state index in [1.165, 1.54) is 12.1 Å². The van der Waals surface area contributed by atoms with Gasteiger partial charge in [-0.25, -0.2) is 13.4 Å². The van der Waals surface area contributed by atoms with Gasteiger partial charge in [0, 0.05) is 31.2 Å². The number of anilines is 1. The molecule has 1 atom stereocenters. The number of hydrogen-bond donors (Lipinski definition) is 0. The summed E-state index contributed by atoms with van der Waals surface area (Å²) in [7, 11) is -4.56. The molecule has 5 nitrogen and oxygen atoms in total. The highest BCUT2D eigenvalue weighted by atomic mass is 32.2. The fourth-order valence-electron chi connectivity index (χ4n) is 3.32. The first-order valence-electron chi connectivity index (χ1n) is 8.35. The molecule has 2 heterocycles. The van der Waals surface area contributed by atoms with Crippen molar-refractivity contribution in [2.24, 2.45) is 0 Å². The summed E-state index contributed by atoms with van der Waals surface area (Å²) in [6.45, 7) is 3.70. The molecular formula is C17H21F2N3O2S. The highest BCUT2D eigenvalue weighted by Crippen LogP contribution is 2.35. The number of benzene rings is 1. The first-order valence-corrected chi connectivity index (χ1v) is 9.89. The van der Waals surface area contributed by atoms with Crippen molar-refractivity contribution >= 4 is 15.5 Å². The summed E-state index contributed by atoms with van der Waals surface area (Å²) in [5, 5.41) is 0. The molecular weight excluding hydrogens is 348 g/mol. The summed E-state index contributed by atoms with van der Waals surface area (Å²) in [6, 6.07) is 5.82. The van der Waals surface area contributed by atoms with Gasteiger partial charge in [-0.3, -0.25) is 0 Å². The van der Waals surface area contributed by atoms with Crippen LogP contribution in [0.2, 0.25) is 0 Å². The summed E-state index contributed by atoms with van der Waals surface area (Å²) in [4.78, 5) is 6.32. The molecule has 1 aliphatic rings. The second-order valence-electron chi connectivity index (χ2n) is 6.08. The van der Waals surface area contributed by atoms with Gasteiger partial charge in [0.2, 0.25) is 9.84 Å². The first kappa shape index (κ1) is 17.8. The number of hydrogen-bond acceptors (Lipinski definition) is 4. The van der Waals surface area contributed by atoms with Gasteiger partial charge in [0.25, 0.3) is 0 Å². The van der Waals surface area contributed by atoms with Crippen LogP contribution >= 0.6 is 0 Å². The zero-order valence-electron chi connectivity index (χ0n) is 14.0. The van der Waals surface area contributed by atoms with Gasteiger partial charge in [-0.15, -0.1) is 0 Å². The summed E-state index contributed by atoms with van der Waals surface area (Å²) >= 11 is 0. The predicted molar refractivity (Wildman–Crippen MR) is 91.5 cm³/mol. The van der Waals surface area contributed by atoms with E-state index in [-0.39, 0.29) is 10.9 Å². The van der Waals surface area contributed by atoms with Crippen molar-refractivity contribution in [1.82, 2.24) is 9.55 Å². The van der Waals surface area contributed by atoms with E-state index in [0.717, 1.165) is 43.9 Å². The van der Waals surface area contributed by atoms with E-state index in [1.807, 2.05) is 6.20 Å². The van der Waals surface area contributed by atoms with Crippen molar-refractivity contribution in [2.45, 2.75) is 49.4 Å². The molecule has 1 saturated heterocycles. The SMILES string of the molecule is CCn1ccnc1[C@H]1CCCCN1c1ccc(S(=O)(=O)C(F)F)cc1. The number of sulfone groups is 1. The molecule has 3 rings (SSSR count). The summed E-state index contributed by atoms with van der Waals surface area (Å²) in [5.41, 5.74) is 0.823. The number of piperidine rings is 1. The van der Waals surface area contributed by atoms with Crippen LogP contribution in [0, 0.1) is 0 Å². The van der Waals surface area contributed by atoms with E-state index in [4.69, 9.17) is 0 Å². The molecule has 0 radical (unpaired) electrons. The quantitative estimate of drug-likeness (QED) is 0.808. The zero-order valence-corrected chi connectivity index (χ0v) is 14.8. The Bertz CT molecular complexity index is 819. The lowest BCUT2D eigenvalue weighted by Gasteiger charge is -2.37. The maximum atomic E-state index is 12.7. The van der Waals surface area contributed by atoms with Crippen molar-refractivity contribution in [1.29, 1.82) is 0 Å². The van der Waals surface area contributed by atoms with E-state index in [9.17, 15) is 17.2 Å². The Labute approximate surface area is 146 Å². The largest absolute Gasteiger partial charge is 0.361 e. The third-order valence-corrected chi connectivity index (χ3v) is 6.02. The van der Waals surface area contributed by atoms with Gasteiger partial charge in [-0.05, 0) is 50.5 Å². The average Bonchev–Trinajstić information content (AvgIpc) is 3.10. The van der Waals surface area contributed by atoms with Crippen LogP contribution in [0.25, 0.3) is 0 Å². The van der Waals surface area contributed by atoms with E-state index in [1.54, 1.807) is 18.3 Å². The van der Waals surface area contributed by atoms with Crippen LogP contribution in [0.5, 0.6) is 0 Å². The van der Waals surface area contributed by atoms with Gasteiger partial charge < -0.3 is 9.47 Å². The summed E-state index contributed by atoms with van der Waals surface area (Å²) in [5.74, 6) is -2.43. The normalized spacial score (nSPS) is 18.7. The minimum absolute atomic E-state index is 0.0984. The Balaban J connectivity index is 1.91. The first-order chi connectivity index (χ1) is 11.9. The lowest BCUT2D eigenvalue weighted by Crippen LogP contribution is -2.35. The molecule has 136 valence electrons. The number of imidazole rings is 1. The van der Waals surface area contributed by atoms with E-state index in [2.05, 4.69) is 21.4 Å². The molecule has 8 heteroatoms. The van der Waals surface area contributed by atoms with Gasteiger partial charge in [0.1, 0.15) is 5.82 Å². The van der Waals surface area contributed by atoms with Crippen molar-refractivity contribution in [2.75, 3.05) is 11.4 Å². The predicted octanol–water partition coefficient (Wildman–Crippen LogP) is 3.63. The van der Waals surface area contributed by atoms with Crippen molar-refractivity contribution < 1.29 is 17.2 Å². The fraction of sp³-hybridized carbons (Fsp3) is 0.471. The van der Waals surface area contributed by atoms with Crippen LogP contribution in [0.4, 0.5) is 14.5 Å². The Hall–Kier alpha value is -1.96. The Morgan fingerprint density at radius 1 is 1.24 bits per heavy atom. The third-order valence-electron chi connectivity index (χ3n) is 4.62. The maximum Gasteiger partial charge on any atom is 0.341 e. The Kier molecular flexibility index (Phi) is 5.08. The number of aromatic nitrogens is 2. The monoisotopic (exact) mass is 369 g/mol. The summed E-state index contributed by atoms with van der Waals surface area (Å²) < 4.78 is 50.6. The zero-order chi connectivity index (χ0) is 18.0. The lowest BCUT2D eigenvalue weighted by atomic mass is 10.0. The van der Waals surface area contributed by atoms with Crippen LogP contribution < -0.4 is 4.90 Å². The van der Waals surface area contributed by atoms with Gasteiger partial charge >= 0.3 is 5.76 Å². The van der Waals surface area contributed by atoms with Crippen LogP contribution in [-0.4, -0.2) is 30.3 Å². The molecule has 0 spiro atoms. The Morgan fingerprint density at radius 2 is 1.96 bits per heavy atom.